The van der Waals surface area contributed by atoms with E-state index in [0.29, 0.717) is 12.0 Å². The lowest BCUT2D eigenvalue weighted by molar-refractivity contribution is -0.123. The molecule has 0 radical (unpaired) electrons. The molecule has 5 nitrogen and oxygen atoms in total. The van der Waals surface area contributed by atoms with E-state index in [1.54, 1.807) is 19.1 Å². The molecule has 1 aromatic carbocycles. The van der Waals surface area contributed by atoms with Gasteiger partial charge in [-0.2, -0.15) is 0 Å². The molecule has 1 unspecified atom stereocenters. The van der Waals surface area contributed by atoms with Gasteiger partial charge in [-0.1, -0.05) is 24.2 Å². The SMILES string of the molecule is CCC(C(=O)NCc1cccc(F)c1)C(N)=NO. The number of nitrogens with two attached hydrogens (primary N) is 1. The third kappa shape index (κ3) is 3.73. The quantitative estimate of drug-likeness (QED) is 0.319. The number of halogens is 1. The summed E-state index contributed by atoms with van der Waals surface area (Å²) in [5.74, 6) is -1.51. The molecule has 1 amide bonds. The van der Waals surface area contributed by atoms with Crippen molar-refractivity contribution in [1.82, 2.24) is 5.32 Å². The predicted molar refractivity (Wildman–Crippen MR) is 65.4 cm³/mol. The van der Waals surface area contributed by atoms with Crippen molar-refractivity contribution in [3.8, 4) is 0 Å². The Morgan fingerprint density at radius 1 is 1.61 bits per heavy atom. The van der Waals surface area contributed by atoms with Crippen molar-refractivity contribution < 1.29 is 14.4 Å². The van der Waals surface area contributed by atoms with Crippen LogP contribution < -0.4 is 11.1 Å². The highest BCUT2D eigenvalue weighted by atomic mass is 19.1. The average Bonchev–Trinajstić information content (AvgIpc) is 2.37. The average molecular weight is 253 g/mol. The molecule has 0 aliphatic heterocycles. The van der Waals surface area contributed by atoms with E-state index in [9.17, 15) is 9.18 Å². The van der Waals surface area contributed by atoms with Crippen LogP contribution in [-0.2, 0) is 11.3 Å². The molecule has 6 heteroatoms. The van der Waals surface area contributed by atoms with E-state index in [-0.39, 0.29) is 24.1 Å². The maximum absolute atomic E-state index is 12.9. The smallest absolute Gasteiger partial charge is 0.231 e. The minimum absolute atomic E-state index is 0.130. The van der Waals surface area contributed by atoms with Crippen LogP contribution in [0, 0.1) is 11.7 Å². The first-order chi connectivity index (χ1) is 8.58. The number of oxime groups is 1. The summed E-state index contributed by atoms with van der Waals surface area (Å²) in [6.07, 6.45) is 0.422. The van der Waals surface area contributed by atoms with E-state index in [1.807, 2.05) is 0 Å². The zero-order valence-corrected chi connectivity index (χ0v) is 10.1. The molecule has 0 saturated carbocycles. The fourth-order valence-electron chi connectivity index (χ4n) is 1.56. The third-order valence-corrected chi connectivity index (χ3v) is 2.55. The molecule has 0 spiro atoms. The molecule has 0 fully saturated rings. The molecule has 0 saturated heterocycles. The molecular formula is C12H16FN3O2. The molecule has 4 N–H and O–H groups in total. The number of nitrogens with zero attached hydrogens (tertiary/aromatic N) is 1. The van der Waals surface area contributed by atoms with Gasteiger partial charge < -0.3 is 16.3 Å². The number of carbonyl (C=O) groups excluding carboxylic acids is 1. The van der Waals surface area contributed by atoms with Crippen LogP contribution in [0.2, 0.25) is 0 Å². The molecular weight excluding hydrogens is 237 g/mol. The Hall–Kier alpha value is -2.11. The van der Waals surface area contributed by atoms with Crippen LogP contribution >= 0.6 is 0 Å². The summed E-state index contributed by atoms with van der Waals surface area (Å²) in [5, 5.41) is 14.0. The normalized spacial score (nSPS) is 13.1. The first kappa shape index (κ1) is 14.0. The summed E-state index contributed by atoms with van der Waals surface area (Å²) < 4.78 is 12.9. The molecule has 1 aromatic rings. The Morgan fingerprint density at radius 2 is 2.33 bits per heavy atom. The number of carbonyl (C=O) groups is 1. The highest BCUT2D eigenvalue weighted by Crippen LogP contribution is 2.06. The van der Waals surface area contributed by atoms with E-state index < -0.39 is 5.92 Å². The third-order valence-electron chi connectivity index (χ3n) is 2.55. The summed E-state index contributed by atoms with van der Waals surface area (Å²) in [7, 11) is 0. The molecule has 18 heavy (non-hydrogen) atoms. The fourth-order valence-corrected chi connectivity index (χ4v) is 1.56. The second kappa shape index (κ2) is 6.58. The standard InChI is InChI=1S/C12H16FN3O2/c1-2-10(11(14)16-18)12(17)15-7-8-4-3-5-9(13)6-8/h3-6,10,18H,2,7H2,1H3,(H2,14,16)(H,15,17). The van der Waals surface area contributed by atoms with E-state index in [4.69, 9.17) is 10.9 Å². The second-order valence-corrected chi connectivity index (χ2v) is 3.83. The second-order valence-electron chi connectivity index (χ2n) is 3.83. The van der Waals surface area contributed by atoms with E-state index in [0.717, 1.165) is 0 Å². The van der Waals surface area contributed by atoms with Gasteiger partial charge in [0.1, 0.15) is 5.82 Å². The monoisotopic (exact) mass is 253 g/mol. The summed E-state index contributed by atoms with van der Waals surface area (Å²) in [5.41, 5.74) is 6.05. The molecule has 1 rings (SSSR count). The van der Waals surface area contributed by atoms with Gasteiger partial charge in [-0.05, 0) is 24.1 Å². The van der Waals surface area contributed by atoms with Gasteiger partial charge in [-0.25, -0.2) is 4.39 Å². The fraction of sp³-hybridized carbons (Fsp3) is 0.333. The molecule has 0 aromatic heterocycles. The van der Waals surface area contributed by atoms with Gasteiger partial charge in [0, 0.05) is 6.54 Å². The number of amides is 1. The topological polar surface area (TPSA) is 87.7 Å². The van der Waals surface area contributed by atoms with E-state index in [1.165, 1.54) is 12.1 Å². The van der Waals surface area contributed by atoms with Crippen LogP contribution in [0.15, 0.2) is 29.4 Å². The molecule has 1 atom stereocenters. The number of rotatable bonds is 5. The van der Waals surface area contributed by atoms with Gasteiger partial charge in [-0.3, -0.25) is 4.79 Å². The van der Waals surface area contributed by atoms with Crippen LogP contribution in [0.1, 0.15) is 18.9 Å². The Balaban J connectivity index is 2.60. The van der Waals surface area contributed by atoms with Crippen molar-refractivity contribution in [1.29, 1.82) is 0 Å². The van der Waals surface area contributed by atoms with Crippen molar-refractivity contribution >= 4 is 11.7 Å². The lowest BCUT2D eigenvalue weighted by Crippen LogP contribution is -2.38. The molecule has 0 aliphatic rings. The van der Waals surface area contributed by atoms with Gasteiger partial charge in [0.2, 0.25) is 5.91 Å². The largest absolute Gasteiger partial charge is 0.409 e. The summed E-state index contributed by atoms with van der Waals surface area (Å²) >= 11 is 0. The Morgan fingerprint density at radius 3 is 2.89 bits per heavy atom. The Labute approximate surface area is 104 Å². The molecule has 98 valence electrons. The van der Waals surface area contributed by atoms with Gasteiger partial charge >= 0.3 is 0 Å². The van der Waals surface area contributed by atoms with Crippen molar-refractivity contribution in [2.24, 2.45) is 16.8 Å². The first-order valence-corrected chi connectivity index (χ1v) is 5.58. The van der Waals surface area contributed by atoms with Crippen LogP contribution in [0.5, 0.6) is 0 Å². The molecule has 0 bridgehead atoms. The Kier molecular flexibility index (Phi) is 5.10. The van der Waals surface area contributed by atoms with Crippen LogP contribution in [0.25, 0.3) is 0 Å². The van der Waals surface area contributed by atoms with Gasteiger partial charge in [0.25, 0.3) is 0 Å². The van der Waals surface area contributed by atoms with E-state index in [2.05, 4.69) is 10.5 Å². The summed E-state index contributed by atoms with van der Waals surface area (Å²) in [6, 6.07) is 5.94. The zero-order valence-electron chi connectivity index (χ0n) is 10.1. The number of hydrogen-bond donors (Lipinski definition) is 3. The lowest BCUT2D eigenvalue weighted by atomic mass is 10.0. The van der Waals surface area contributed by atoms with Gasteiger partial charge in [0.05, 0.1) is 5.92 Å². The van der Waals surface area contributed by atoms with Crippen molar-refractivity contribution in [3.63, 3.8) is 0 Å². The maximum Gasteiger partial charge on any atom is 0.231 e. The number of amidine groups is 1. The minimum atomic E-state index is -0.677. The summed E-state index contributed by atoms with van der Waals surface area (Å²) in [4.78, 5) is 11.8. The van der Waals surface area contributed by atoms with Crippen LogP contribution in [0.3, 0.4) is 0 Å². The summed E-state index contributed by atoms with van der Waals surface area (Å²) in [6.45, 7) is 1.95. The van der Waals surface area contributed by atoms with Crippen molar-refractivity contribution in [2.45, 2.75) is 19.9 Å². The Bertz CT molecular complexity index is 449. The number of nitrogens with one attached hydrogen (secondary N) is 1. The van der Waals surface area contributed by atoms with Crippen LogP contribution in [0.4, 0.5) is 4.39 Å². The van der Waals surface area contributed by atoms with Gasteiger partial charge in [0.15, 0.2) is 5.84 Å². The highest BCUT2D eigenvalue weighted by molar-refractivity contribution is 6.01. The maximum atomic E-state index is 12.9. The first-order valence-electron chi connectivity index (χ1n) is 5.58. The predicted octanol–water partition coefficient (Wildman–Crippen LogP) is 1.21. The van der Waals surface area contributed by atoms with Crippen molar-refractivity contribution in [2.75, 3.05) is 0 Å². The molecule has 0 aliphatic carbocycles. The number of hydrogen-bond acceptors (Lipinski definition) is 3. The van der Waals surface area contributed by atoms with Gasteiger partial charge in [-0.15, -0.1) is 0 Å². The van der Waals surface area contributed by atoms with E-state index >= 15 is 0 Å². The number of benzene rings is 1. The highest BCUT2D eigenvalue weighted by Gasteiger charge is 2.20. The lowest BCUT2D eigenvalue weighted by Gasteiger charge is -2.13. The minimum Gasteiger partial charge on any atom is -0.409 e. The van der Waals surface area contributed by atoms with Crippen molar-refractivity contribution in [3.05, 3.63) is 35.6 Å². The molecule has 0 heterocycles. The zero-order chi connectivity index (χ0) is 13.5. The van der Waals surface area contributed by atoms with Crippen LogP contribution in [-0.4, -0.2) is 17.0 Å².